The van der Waals surface area contributed by atoms with E-state index in [1.54, 1.807) is 0 Å². The average molecular weight is 312 g/mol. The van der Waals surface area contributed by atoms with Crippen molar-refractivity contribution in [2.24, 2.45) is 0 Å². The molecule has 22 heavy (non-hydrogen) atoms. The van der Waals surface area contributed by atoms with Crippen LogP contribution in [0.5, 0.6) is 0 Å². The van der Waals surface area contributed by atoms with Crippen LogP contribution in [-0.4, -0.2) is 15.2 Å². The van der Waals surface area contributed by atoms with Gasteiger partial charge in [-0.3, -0.25) is 4.98 Å². The Hall–Kier alpha value is -1.89. The topological polar surface area (TPSA) is 59.2 Å². The second kappa shape index (κ2) is 4.81. The third-order valence-corrected chi connectivity index (χ3v) is 4.04. The van der Waals surface area contributed by atoms with Crippen molar-refractivity contribution in [1.29, 1.82) is 0 Å². The van der Waals surface area contributed by atoms with Crippen LogP contribution in [0.15, 0.2) is 23.0 Å². The summed E-state index contributed by atoms with van der Waals surface area (Å²) in [5, 5.41) is 14.7. The van der Waals surface area contributed by atoms with Crippen molar-refractivity contribution < 1.29 is 22.8 Å². The monoisotopic (exact) mass is 312 g/mol. The summed E-state index contributed by atoms with van der Waals surface area (Å²) in [7, 11) is 0. The Morgan fingerprint density at radius 2 is 2.05 bits per heavy atom. The highest BCUT2D eigenvalue weighted by atomic mass is 19.3. The Morgan fingerprint density at radius 1 is 1.32 bits per heavy atom. The maximum Gasteiger partial charge on any atom is 0.265 e. The molecule has 0 amide bonds. The lowest BCUT2D eigenvalue weighted by Gasteiger charge is -2.40. The summed E-state index contributed by atoms with van der Waals surface area (Å²) in [6.07, 6.45) is -0.440. The lowest BCUT2D eigenvalue weighted by molar-refractivity contribution is -0.0135. The average Bonchev–Trinajstić information content (AvgIpc) is 2.86. The minimum Gasteiger partial charge on any atom is -0.383 e. The van der Waals surface area contributed by atoms with Gasteiger partial charge >= 0.3 is 0 Å². The van der Waals surface area contributed by atoms with Gasteiger partial charge in [-0.1, -0.05) is 19.0 Å². The number of hydrogen-bond acceptors (Lipinski definition) is 4. The number of fused-ring (bicyclic) bond motifs is 1. The second-order valence-electron chi connectivity index (χ2n) is 6.34. The summed E-state index contributed by atoms with van der Waals surface area (Å²) >= 11 is 0. The van der Waals surface area contributed by atoms with Gasteiger partial charge in [-0.25, -0.2) is 13.2 Å². The van der Waals surface area contributed by atoms with Crippen molar-refractivity contribution in [1.82, 2.24) is 10.1 Å². The zero-order valence-electron chi connectivity index (χ0n) is 12.1. The molecule has 0 saturated heterocycles. The van der Waals surface area contributed by atoms with Crippen LogP contribution in [0.25, 0.3) is 0 Å². The first-order valence-corrected chi connectivity index (χ1v) is 6.83. The molecule has 1 aliphatic rings. The zero-order valence-corrected chi connectivity index (χ0v) is 12.1. The molecule has 118 valence electrons. The Kier molecular flexibility index (Phi) is 3.28. The molecule has 0 aromatic carbocycles. The molecule has 0 spiro atoms. The number of pyridine rings is 1. The molecule has 0 aliphatic heterocycles. The minimum atomic E-state index is -2.92. The van der Waals surface area contributed by atoms with E-state index in [4.69, 9.17) is 4.52 Å². The fraction of sp³-hybridized carbons (Fsp3) is 0.467. The van der Waals surface area contributed by atoms with Crippen LogP contribution in [-0.2, 0) is 17.4 Å². The summed E-state index contributed by atoms with van der Waals surface area (Å²) in [6, 6.07) is 0.723. The fourth-order valence-corrected chi connectivity index (χ4v) is 3.31. The standard InChI is InChI=1S/C15H15F3N2O2/c1-14(2)7-15(21,4-8-5-20-22-12(8)14)11-10(13(17)18)3-9(16)6-19-11/h3,5-6,13,21H,4,7H2,1-2H3. The lowest BCUT2D eigenvalue weighted by Crippen LogP contribution is -2.42. The van der Waals surface area contributed by atoms with Crippen molar-refractivity contribution in [3.05, 3.63) is 46.9 Å². The van der Waals surface area contributed by atoms with Crippen LogP contribution < -0.4 is 0 Å². The molecule has 7 heteroatoms. The highest BCUT2D eigenvalue weighted by molar-refractivity contribution is 5.36. The van der Waals surface area contributed by atoms with E-state index in [1.807, 2.05) is 13.8 Å². The van der Waals surface area contributed by atoms with Gasteiger partial charge in [0.25, 0.3) is 6.43 Å². The molecule has 0 radical (unpaired) electrons. The van der Waals surface area contributed by atoms with E-state index in [2.05, 4.69) is 10.1 Å². The van der Waals surface area contributed by atoms with Crippen molar-refractivity contribution in [3.8, 4) is 0 Å². The summed E-state index contributed by atoms with van der Waals surface area (Å²) in [5.74, 6) is -0.235. The van der Waals surface area contributed by atoms with Crippen molar-refractivity contribution in [3.63, 3.8) is 0 Å². The number of nitrogens with zero attached hydrogens (tertiary/aromatic N) is 2. The van der Waals surface area contributed by atoms with Crippen LogP contribution in [0.1, 0.15) is 49.3 Å². The van der Waals surface area contributed by atoms with Gasteiger partial charge in [0.15, 0.2) is 0 Å². The molecule has 0 saturated carbocycles. The van der Waals surface area contributed by atoms with Crippen LogP contribution in [0, 0.1) is 5.82 Å². The maximum absolute atomic E-state index is 13.2. The number of halogens is 3. The number of aromatic nitrogens is 2. The molecule has 2 aromatic heterocycles. The largest absolute Gasteiger partial charge is 0.383 e. The van der Waals surface area contributed by atoms with Crippen molar-refractivity contribution in [2.45, 2.75) is 44.1 Å². The van der Waals surface area contributed by atoms with E-state index in [0.717, 1.165) is 12.3 Å². The molecular weight excluding hydrogens is 297 g/mol. The Labute approximate surface area is 125 Å². The molecule has 1 aliphatic carbocycles. The Balaban J connectivity index is 2.13. The number of aliphatic hydroxyl groups is 1. The van der Waals surface area contributed by atoms with Crippen LogP contribution >= 0.6 is 0 Å². The smallest absolute Gasteiger partial charge is 0.265 e. The summed E-state index contributed by atoms with van der Waals surface area (Å²) in [4.78, 5) is 3.76. The molecule has 2 aromatic rings. The Bertz CT molecular complexity index is 715. The summed E-state index contributed by atoms with van der Waals surface area (Å²) in [5.41, 5.74) is -2.36. The molecular formula is C15H15F3N2O2. The zero-order chi connectivity index (χ0) is 16.1. The van der Waals surface area contributed by atoms with E-state index >= 15 is 0 Å². The predicted octanol–water partition coefficient (Wildman–Crippen LogP) is 3.26. The second-order valence-corrected chi connectivity index (χ2v) is 6.34. The van der Waals surface area contributed by atoms with E-state index in [1.165, 1.54) is 6.20 Å². The predicted molar refractivity (Wildman–Crippen MR) is 70.9 cm³/mol. The van der Waals surface area contributed by atoms with Crippen molar-refractivity contribution in [2.75, 3.05) is 0 Å². The minimum absolute atomic E-state index is 0.0492. The Morgan fingerprint density at radius 3 is 2.73 bits per heavy atom. The van der Waals surface area contributed by atoms with Crippen LogP contribution in [0.4, 0.5) is 13.2 Å². The maximum atomic E-state index is 13.2. The summed E-state index contributed by atoms with van der Waals surface area (Å²) < 4.78 is 44.9. The van der Waals surface area contributed by atoms with Crippen LogP contribution in [0.2, 0.25) is 0 Å². The molecule has 4 nitrogen and oxygen atoms in total. The normalized spacial score (nSPS) is 23.6. The first-order valence-electron chi connectivity index (χ1n) is 6.83. The third-order valence-electron chi connectivity index (χ3n) is 4.04. The van der Waals surface area contributed by atoms with Gasteiger partial charge in [0.2, 0.25) is 0 Å². The summed E-state index contributed by atoms with van der Waals surface area (Å²) in [6.45, 7) is 3.65. The highest BCUT2D eigenvalue weighted by Gasteiger charge is 2.48. The molecule has 0 fully saturated rings. The number of rotatable bonds is 2. The van der Waals surface area contributed by atoms with E-state index < -0.39 is 28.8 Å². The first kappa shape index (κ1) is 15.0. The molecule has 0 bridgehead atoms. The molecule has 1 atom stereocenters. The van der Waals surface area contributed by atoms with Gasteiger partial charge in [-0.15, -0.1) is 0 Å². The van der Waals surface area contributed by atoms with E-state index in [9.17, 15) is 18.3 Å². The van der Waals surface area contributed by atoms with Gasteiger partial charge in [-0.05, 0) is 12.5 Å². The molecule has 3 rings (SSSR count). The van der Waals surface area contributed by atoms with Gasteiger partial charge < -0.3 is 9.63 Å². The lowest BCUT2D eigenvalue weighted by atomic mass is 9.68. The van der Waals surface area contributed by atoms with E-state index in [0.29, 0.717) is 11.3 Å². The van der Waals surface area contributed by atoms with Gasteiger partial charge in [-0.2, -0.15) is 0 Å². The number of hydrogen-bond donors (Lipinski definition) is 1. The molecule has 2 heterocycles. The van der Waals surface area contributed by atoms with Gasteiger partial charge in [0.1, 0.15) is 17.2 Å². The van der Waals surface area contributed by atoms with E-state index in [-0.39, 0.29) is 18.5 Å². The molecule has 1 N–H and O–H groups in total. The highest BCUT2D eigenvalue weighted by Crippen LogP contribution is 2.47. The van der Waals surface area contributed by atoms with Gasteiger partial charge in [0.05, 0.1) is 18.1 Å². The van der Waals surface area contributed by atoms with Crippen molar-refractivity contribution >= 4 is 0 Å². The quantitative estimate of drug-likeness (QED) is 0.924. The SMILES string of the molecule is CC1(C)CC(O)(c2ncc(F)cc2C(F)F)Cc2cnoc21. The number of alkyl halides is 2. The molecule has 1 unspecified atom stereocenters. The third kappa shape index (κ3) is 2.29. The van der Waals surface area contributed by atoms with Crippen LogP contribution in [0.3, 0.4) is 0 Å². The van der Waals surface area contributed by atoms with Gasteiger partial charge in [0, 0.05) is 23.0 Å². The first-order chi connectivity index (χ1) is 10.2. The fourth-order valence-electron chi connectivity index (χ4n) is 3.31.